The van der Waals surface area contributed by atoms with E-state index in [9.17, 15) is 24.2 Å². The maximum Gasteiger partial charge on any atom is 0.310 e. The second kappa shape index (κ2) is 4.82. The molecule has 0 saturated carbocycles. The number of likely N-dealkylation sites (N-methyl/N-ethyl adjacent to an activating group) is 1. The molecule has 0 bridgehead atoms. The third-order valence-corrected chi connectivity index (χ3v) is 4.86. The smallest absolute Gasteiger partial charge is 0.310 e. The van der Waals surface area contributed by atoms with Gasteiger partial charge in [0.2, 0.25) is 0 Å². The SMILES string of the molecule is CN1CCC[C@@H]1CNC(=O)c1cccc(S(F)(F)(F)(F)F)c1. The molecule has 3 nitrogen and oxygen atoms in total. The predicted molar refractivity (Wildman–Crippen MR) is 75.8 cm³/mol. The number of likely N-dealkylation sites (tertiary alicyclic amines) is 1. The number of halogens is 5. The van der Waals surface area contributed by atoms with Crippen molar-refractivity contribution in [2.45, 2.75) is 23.8 Å². The van der Waals surface area contributed by atoms with E-state index in [0.717, 1.165) is 31.5 Å². The lowest BCUT2D eigenvalue weighted by Crippen LogP contribution is -2.38. The number of hydrogen-bond donors (Lipinski definition) is 1. The van der Waals surface area contributed by atoms with Gasteiger partial charge in [-0.05, 0) is 44.6 Å². The Kier molecular flexibility index (Phi) is 3.73. The predicted octanol–water partition coefficient (Wildman–Crippen LogP) is 4.17. The summed E-state index contributed by atoms with van der Waals surface area (Å²) in [4.78, 5) is 11.8. The van der Waals surface area contributed by atoms with Crippen LogP contribution in [0.2, 0.25) is 0 Å². The van der Waals surface area contributed by atoms with E-state index in [4.69, 9.17) is 0 Å². The first-order valence-electron chi connectivity index (χ1n) is 6.69. The van der Waals surface area contributed by atoms with Crippen molar-refractivity contribution in [2.24, 2.45) is 0 Å². The van der Waals surface area contributed by atoms with Crippen molar-refractivity contribution in [1.29, 1.82) is 0 Å². The minimum Gasteiger partial charge on any atom is -0.350 e. The maximum atomic E-state index is 12.7. The fraction of sp³-hybridized carbons (Fsp3) is 0.462. The van der Waals surface area contributed by atoms with Crippen molar-refractivity contribution in [3.63, 3.8) is 0 Å². The zero-order chi connectivity index (χ0) is 16.7. The van der Waals surface area contributed by atoms with Gasteiger partial charge < -0.3 is 10.2 Å². The first-order valence-corrected chi connectivity index (χ1v) is 8.64. The molecule has 1 aromatic rings. The molecule has 0 aliphatic carbocycles. The van der Waals surface area contributed by atoms with Crippen LogP contribution in [0.25, 0.3) is 0 Å². The molecular weight excluding hydrogens is 327 g/mol. The number of nitrogens with one attached hydrogen (secondary N) is 1. The molecule has 0 aromatic heterocycles. The van der Waals surface area contributed by atoms with Gasteiger partial charge in [0.1, 0.15) is 4.90 Å². The average Bonchev–Trinajstić information content (AvgIpc) is 2.79. The Morgan fingerprint density at radius 2 is 2.00 bits per heavy atom. The fourth-order valence-electron chi connectivity index (χ4n) is 2.43. The molecule has 0 unspecified atom stereocenters. The van der Waals surface area contributed by atoms with Gasteiger partial charge in [0, 0.05) is 18.2 Å². The van der Waals surface area contributed by atoms with Crippen LogP contribution in [-0.2, 0) is 0 Å². The summed E-state index contributed by atoms with van der Waals surface area (Å²) in [5.41, 5.74) is -0.425. The van der Waals surface area contributed by atoms with Crippen LogP contribution in [0.15, 0.2) is 29.2 Å². The number of carbonyl (C=O) groups excluding carboxylic acids is 1. The van der Waals surface area contributed by atoms with E-state index in [2.05, 4.69) is 5.32 Å². The van der Waals surface area contributed by atoms with Crippen molar-refractivity contribution in [3.05, 3.63) is 29.8 Å². The molecule has 1 aliphatic rings. The van der Waals surface area contributed by atoms with Crippen molar-refractivity contribution < 1.29 is 24.2 Å². The molecule has 1 atom stereocenters. The molecule has 1 N–H and O–H groups in total. The summed E-state index contributed by atoms with van der Waals surface area (Å²) in [5, 5.41) is 2.50. The lowest BCUT2D eigenvalue weighted by Gasteiger charge is -2.40. The Bertz CT molecular complexity index is 589. The average molecular weight is 344 g/mol. The van der Waals surface area contributed by atoms with Gasteiger partial charge in [0.25, 0.3) is 5.91 Å². The lowest BCUT2D eigenvalue weighted by molar-refractivity contribution is 0.0943. The Hall–Kier alpha value is -1.35. The minimum atomic E-state index is -9.77. The molecule has 22 heavy (non-hydrogen) atoms. The third-order valence-electron chi connectivity index (χ3n) is 3.71. The zero-order valence-corrected chi connectivity index (χ0v) is 12.7. The summed E-state index contributed by atoms with van der Waals surface area (Å²) in [5.74, 6) is -0.788. The Morgan fingerprint density at radius 3 is 2.55 bits per heavy atom. The van der Waals surface area contributed by atoms with E-state index in [1.807, 2.05) is 11.9 Å². The first-order chi connectivity index (χ1) is 9.86. The van der Waals surface area contributed by atoms with Gasteiger partial charge in [-0.1, -0.05) is 25.5 Å². The highest BCUT2D eigenvalue weighted by molar-refractivity contribution is 8.45. The van der Waals surface area contributed by atoms with Crippen molar-refractivity contribution in [3.8, 4) is 0 Å². The molecule has 1 fully saturated rings. The summed E-state index contributed by atoms with van der Waals surface area (Å²) in [6.07, 6.45) is 1.86. The Morgan fingerprint density at radius 1 is 1.32 bits per heavy atom. The van der Waals surface area contributed by atoms with Crippen LogP contribution in [0.4, 0.5) is 19.4 Å². The normalized spacial score (nSPS) is 22.9. The maximum absolute atomic E-state index is 12.7. The number of amides is 1. The van der Waals surface area contributed by atoms with Crippen LogP contribution in [0.1, 0.15) is 23.2 Å². The second-order valence-electron chi connectivity index (χ2n) is 5.48. The van der Waals surface area contributed by atoms with Crippen LogP contribution in [0.5, 0.6) is 0 Å². The van der Waals surface area contributed by atoms with Gasteiger partial charge in [-0.2, -0.15) is 0 Å². The molecule has 0 spiro atoms. The highest BCUT2D eigenvalue weighted by atomic mass is 32.5. The van der Waals surface area contributed by atoms with Crippen molar-refractivity contribution in [1.82, 2.24) is 10.2 Å². The summed E-state index contributed by atoms with van der Waals surface area (Å²) in [7, 11) is -7.88. The number of rotatable bonds is 4. The van der Waals surface area contributed by atoms with Gasteiger partial charge in [0.15, 0.2) is 0 Å². The molecule has 1 aromatic carbocycles. The Labute approximate surface area is 125 Å². The molecule has 1 aliphatic heterocycles. The van der Waals surface area contributed by atoms with E-state index >= 15 is 0 Å². The molecule has 0 radical (unpaired) electrons. The molecule has 1 saturated heterocycles. The highest BCUT2D eigenvalue weighted by Gasteiger charge is 2.65. The van der Waals surface area contributed by atoms with Crippen LogP contribution >= 0.6 is 10.2 Å². The number of benzene rings is 1. The van der Waals surface area contributed by atoms with E-state index in [-0.39, 0.29) is 24.7 Å². The van der Waals surface area contributed by atoms with Gasteiger partial charge in [-0.15, -0.1) is 0 Å². The van der Waals surface area contributed by atoms with E-state index in [0.29, 0.717) is 0 Å². The van der Waals surface area contributed by atoms with Gasteiger partial charge >= 0.3 is 10.2 Å². The molecule has 1 amide bonds. The highest BCUT2D eigenvalue weighted by Crippen LogP contribution is 3.02. The lowest BCUT2D eigenvalue weighted by atomic mass is 10.2. The standard InChI is InChI=1S/C13H17F5N2OS/c1-20-7-3-5-11(20)9-19-13(21)10-4-2-6-12(8-10)22(14,15,16,17)18/h2,4,6,8,11H,3,5,7,9H2,1H3,(H,19,21)/t11-/m1/s1. The van der Waals surface area contributed by atoms with Gasteiger partial charge in [-0.3, -0.25) is 4.79 Å². The van der Waals surface area contributed by atoms with Crippen molar-refractivity contribution in [2.75, 3.05) is 20.1 Å². The van der Waals surface area contributed by atoms with Crippen LogP contribution in [0, 0.1) is 0 Å². The largest absolute Gasteiger partial charge is 0.350 e. The van der Waals surface area contributed by atoms with Gasteiger partial charge in [-0.25, -0.2) is 0 Å². The van der Waals surface area contributed by atoms with Crippen molar-refractivity contribution >= 4 is 16.1 Å². The van der Waals surface area contributed by atoms with Crippen LogP contribution < -0.4 is 5.32 Å². The second-order valence-corrected chi connectivity index (χ2v) is 7.89. The number of carbonyl (C=O) groups is 1. The zero-order valence-electron chi connectivity index (χ0n) is 11.9. The number of nitrogens with zero attached hydrogens (tertiary/aromatic N) is 1. The molecule has 9 heteroatoms. The van der Waals surface area contributed by atoms with E-state index in [1.165, 1.54) is 0 Å². The summed E-state index contributed by atoms with van der Waals surface area (Å²) < 4.78 is 63.7. The fourth-order valence-corrected chi connectivity index (χ4v) is 3.11. The summed E-state index contributed by atoms with van der Waals surface area (Å²) >= 11 is 0. The minimum absolute atomic E-state index is 0.114. The van der Waals surface area contributed by atoms with Crippen LogP contribution in [-0.4, -0.2) is 37.0 Å². The molecule has 2 rings (SSSR count). The Balaban J connectivity index is 2.11. The van der Waals surface area contributed by atoms with Gasteiger partial charge in [0.05, 0.1) is 0 Å². The monoisotopic (exact) mass is 344 g/mol. The molecule has 126 valence electrons. The summed E-state index contributed by atoms with van der Waals surface area (Å²) in [6, 6.07) is 2.49. The number of hydrogen-bond acceptors (Lipinski definition) is 2. The molecule has 1 heterocycles. The van der Waals surface area contributed by atoms with E-state index < -0.39 is 26.6 Å². The quantitative estimate of drug-likeness (QED) is 0.832. The third kappa shape index (κ3) is 4.10. The summed E-state index contributed by atoms with van der Waals surface area (Å²) in [6.45, 7) is 1.16. The van der Waals surface area contributed by atoms with E-state index in [1.54, 1.807) is 0 Å². The topological polar surface area (TPSA) is 32.3 Å². The molecular formula is C13H17F5N2OS. The first kappa shape index (κ1) is 17.0. The van der Waals surface area contributed by atoms with Crippen LogP contribution in [0.3, 0.4) is 0 Å².